The molecule has 1 atom stereocenters. The van der Waals surface area contributed by atoms with Crippen LogP contribution in [0.2, 0.25) is 0 Å². The van der Waals surface area contributed by atoms with Crippen molar-refractivity contribution in [3.05, 3.63) is 0 Å². The fourth-order valence-corrected chi connectivity index (χ4v) is 1.46. The number of carboxylic acid groups (broad SMARTS) is 1. The maximum atomic E-state index is 10.8. The highest BCUT2D eigenvalue weighted by molar-refractivity contribution is 5.75. The molecule has 0 saturated heterocycles. The molecule has 0 N–H and O–H groups in total. The van der Waals surface area contributed by atoms with E-state index in [1.807, 2.05) is 20.8 Å². The molecule has 0 aliphatic rings. The maximum Gasteiger partial charge on any atom is 0.129 e. The summed E-state index contributed by atoms with van der Waals surface area (Å²) >= 11 is 0. The van der Waals surface area contributed by atoms with Gasteiger partial charge in [-0.1, -0.05) is 20.8 Å². The molecule has 3 heteroatoms. The number of carboxylic acids is 1. The molecular weight excluding hydrogens is 180 g/mol. The zero-order valence-electron chi connectivity index (χ0n) is 9.42. The fourth-order valence-electron chi connectivity index (χ4n) is 1.46. The van der Waals surface area contributed by atoms with Crippen LogP contribution in [0.4, 0.5) is 0 Å². The fraction of sp³-hybridized carbons (Fsp3) is 0.818. The summed E-state index contributed by atoms with van der Waals surface area (Å²) in [7, 11) is 0. The lowest BCUT2D eigenvalue weighted by Crippen LogP contribution is -2.39. The Morgan fingerprint density at radius 3 is 2.07 bits per heavy atom. The Morgan fingerprint density at radius 1 is 1.29 bits per heavy atom. The van der Waals surface area contributed by atoms with Gasteiger partial charge >= 0.3 is 0 Å². The Kier molecular flexibility index (Phi) is 4.81. The third-order valence-corrected chi connectivity index (χ3v) is 2.35. The number of rotatable bonds is 5. The van der Waals surface area contributed by atoms with E-state index in [-0.39, 0.29) is 11.2 Å². The topological polar surface area (TPSA) is 57.2 Å². The van der Waals surface area contributed by atoms with Gasteiger partial charge < -0.3 is 14.7 Å². The number of hydrogen-bond acceptors (Lipinski definition) is 3. The molecule has 14 heavy (non-hydrogen) atoms. The molecule has 0 aliphatic carbocycles. The summed E-state index contributed by atoms with van der Waals surface area (Å²) in [6.45, 7) is 7.15. The van der Waals surface area contributed by atoms with Crippen molar-refractivity contribution in [2.24, 2.45) is 11.3 Å². The predicted octanol–water partition coefficient (Wildman–Crippen LogP) is 1.16. The van der Waals surface area contributed by atoms with Crippen molar-refractivity contribution in [3.63, 3.8) is 0 Å². The Bertz CT molecular complexity index is 213. The summed E-state index contributed by atoms with van der Waals surface area (Å²) in [6, 6.07) is 0. The minimum atomic E-state index is -1.01. The lowest BCUT2D eigenvalue weighted by molar-refractivity contribution is -0.315. The minimum Gasteiger partial charge on any atom is -0.550 e. The molecule has 0 aliphatic heterocycles. The van der Waals surface area contributed by atoms with E-state index in [1.165, 1.54) is 6.92 Å². The lowest BCUT2D eigenvalue weighted by Gasteiger charge is -2.31. The van der Waals surface area contributed by atoms with Crippen molar-refractivity contribution in [1.82, 2.24) is 0 Å². The molecule has 0 heterocycles. The Labute approximate surface area is 85.5 Å². The summed E-state index contributed by atoms with van der Waals surface area (Å²) < 4.78 is 0. The second-order valence-corrected chi connectivity index (χ2v) is 4.83. The standard InChI is InChI=1S/C11H20O3/c1-8(12)6-5-7-9(10(13)14)11(2,3)4/h9H,5-7H2,1-4H3,(H,13,14)/p-1. The molecule has 3 nitrogen and oxygen atoms in total. The first-order chi connectivity index (χ1) is 6.25. The molecule has 1 unspecified atom stereocenters. The summed E-state index contributed by atoms with van der Waals surface area (Å²) in [5, 5.41) is 10.8. The summed E-state index contributed by atoms with van der Waals surface area (Å²) in [6.07, 6.45) is 1.61. The van der Waals surface area contributed by atoms with E-state index < -0.39 is 11.9 Å². The average molecular weight is 199 g/mol. The van der Waals surface area contributed by atoms with E-state index >= 15 is 0 Å². The number of aliphatic carboxylic acids is 1. The van der Waals surface area contributed by atoms with Gasteiger partial charge in [-0.3, -0.25) is 0 Å². The normalized spacial score (nSPS) is 13.7. The second-order valence-electron chi connectivity index (χ2n) is 4.83. The maximum absolute atomic E-state index is 10.8. The van der Waals surface area contributed by atoms with E-state index in [9.17, 15) is 14.7 Å². The number of ketones is 1. The first kappa shape index (κ1) is 13.1. The van der Waals surface area contributed by atoms with Crippen LogP contribution >= 0.6 is 0 Å². The highest BCUT2D eigenvalue weighted by Gasteiger charge is 2.25. The molecule has 0 radical (unpaired) electrons. The van der Waals surface area contributed by atoms with Gasteiger partial charge in [0.1, 0.15) is 5.78 Å². The van der Waals surface area contributed by atoms with E-state index in [0.29, 0.717) is 19.3 Å². The van der Waals surface area contributed by atoms with Crippen LogP contribution in [-0.4, -0.2) is 11.8 Å². The van der Waals surface area contributed by atoms with Crippen LogP contribution in [0, 0.1) is 11.3 Å². The van der Waals surface area contributed by atoms with Crippen LogP contribution in [0.1, 0.15) is 47.0 Å². The molecule has 0 aromatic carbocycles. The number of Topliss-reactive ketones (excluding diaryl/α,β-unsaturated/α-hetero) is 1. The van der Waals surface area contributed by atoms with Gasteiger partial charge in [0, 0.05) is 18.3 Å². The molecule has 0 saturated carbocycles. The first-order valence-electron chi connectivity index (χ1n) is 4.95. The van der Waals surface area contributed by atoms with Crippen LogP contribution in [0.5, 0.6) is 0 Å². The van der Waals surface area contributed by atoms with Crippen molar-refractivity contribution < 1.29 is 14.7 Å². The zero-order chi connectivity index (χ0) is 11.4. The summed E-state index contributed by atoms with van der Waals surface area (Å²) in [5.74, 6) is -1.38. The smallest absolute Gasteiger partial charge is 0.129 e. The molecular formula is C11H19O3-. The number of carbonyl (C=O) groups is 2. The summed E-state index contributed by atoms with van der Waals surface area (Å²) in [4.78, 5) is 21.5. The van der Waals surface area contributed by atoms with Crippen molar-refractivity contribution >= 4 is 11.8 Å². The van der Waals surface area contributed by atoms with Crippen LogP contribution in [0.3, 0.4) is 0 Å². The van der Waals surface area contributed by atoms with Gasteiger partial charge in [0.05, 0.1) is 0 Å². The minimum absolute atomic E-state index is 0.107. The van der Waals surface area contributed by atoms with Crippen LogP contribution < -0.4 is 5.11 Å². The molecule has 0 amide bonds. The summed E-state index contributed by atoms with van der Waals surface area (Å²) in [5.41, 5.74) is -0.296. The third-order valence-electron chi connectivity index (χ3n) is 2.35. The Morgan fingerprint density at radius 2 is 1.79 bits per heavy atom. The van der Waals surface area contributed by atoms with Gasteiger partial charge in [0.15, 0.2) is 0 Å². The second kappa shape index (κ2) is 5.13. The highest BCUT2D eigenvalue weighted by atomic mass is 16.4. The number of hydrogen-bond donors (Lipinski definition) is 0. The van der Waals surface area contributed by atoms with Crippen molar-refractivity contribution in [2.75, 3.05) is 0 Å². The van der Waals surface area contributed by atoms with Crippen LogP contribution in [0.15, 0.2) is 0 Å². The largest absolute Gasteiger partial charge is 0.550 e. The van der Waals surface area contributed by atoms with Gasteiger partial charge in [-0.05, 0) is 25.2 Å². The highest BCUT2D eigenvalue weighted by Crippen LogP contribution is 2.29. The van der Waals surface area contributed by atoms with E-state index in [4.69, 9.17) is 0 Å². The predicted molar refractivity (Wildman–Crippen MR) is 52.5 cm³/mol. The molecule has 0 fully saturated rings. The lowest BCUT2D eigenvalue weighted by atomic mass is 9.78. The van der Waals surface area contributed by atoms with Gasteiger partial charge in [-0.15, -0.1) is 0 Å². The average Bonchev–Trinajstić information content (AvgIpc) is 1.94. The van der Waals surface area contributed by atoms with Crippen molar-refractivity contribution in [2.45, 2.75) is 47.0 Å². The molecule has 82 valence electrons. The van der Waals surface area contributed by atoms with Crippen LogP contribution in [0.25, 0.3) is 0 Å². The Hall–Kier alpha value is -0.860. The van der Waals surface area contributed by atoms with E-state index in [0.717, 1.165) is 0 Å². The molecule has 0 bridgehead atoms. The van der Waals surface area contributed by atoms with Crippen LogP contribution in [-0.2, 0) is 9.59 Å². The zero-order valence-corrected chi connectivity index (χ0v) is 9.42. The van der Waals surface area contributed by atoms with Gasteiger partial charge in [-0.2, -0.15) is 0 Å². The van der Waals surface area contributed by atoms with Gasteiger partial charge in [0.25, 0.3) is 0 Å². The SMILES string of the molecule is CC(=O)CCCC(C(=O)[O-])C(C)(C)C. The van der Waals surface area contributed by atoms with Gasteiger partial charge in [-0.25, -0.2) is 0 Å². The molecule has 0 rings (SSSR count). The van der Waals surface area contributed by atoms with Crippen molar-refractivity contribution in [3.8, 4) is 0 Å². The first-order valence-corrected chi connectivity index (χ1v) is 4.95. The Balaban J connectivity index is 4.13. The number of carbonyl (C=O) groups excluding carboxylic acids is 2. The van der Waals surface area contributed by atoms with E-state index in [2.05, 4.69) is 0 Å². The van der Waals surface area contributed by atoms with Gasteiger partial charge in [0.2, 0.25) is 0 Å². The quantitative estimate of drug-likeness (QED) is 0.667. The monoisotopic (exact) mass is 199 g/mol. The van der Waals surface area contributed by atoms with Crippen molar-refractivity contribution in [1.29, 1.82) is 0 Å². The molecule has 0 aromatic heterocycles. The molecule has 0 aromatic rings. The third kappa shape index (κ3) is 5.00. The molecule has 0 spiro atoms. The van der Waals surface area contributed by atoms with E-state index in [1.54, 1.807) is 0 Å².